The number of H-pyrrole nitrogens is 1. The van der Waals surface area contributed by atoms with Crippen molar-refractivity contribution < 1.29 is 9.13 Å². The van der Waals surface area contributed by atoms with Gasteiger partial charge in [-0.15, -0.1) is 5.10 Å². The largest absolute Gasteiger partial charge is 0.435 e. The van der Waals surface area contributed by atoms with E-state index in [1.807, 2.05) is 6.92 Å². The predicted molar refractivity (Wildman–Crippen MR) is 54.2 cm³/mol. The van der Waals surface area contributed by atoms with Gasteiger partial charge in [-0.3, -0.25) is 5.10 Å². The SMILES string of the molecule is Cc1cc(Oc2cccc(F)c2N)n[nH]1. The van der Waals surface area contributed by atoms with Crippen LogP contribution in [0.5, 0.6) is 11.6 Å². The number of benzene rings is 1. The summed E-state index contributed by atoms with van der Waals surface area (Å²) >= 11 is 0. The van der Waals surface area contributed by atoms with Gasteiger partial charge in [0.2, 0.25) is 5.88 Å². The molecule has 0 saturated carbocycles. The van der Waals surface area contributed by atoms with E-state index in [0.717, 1.165) is 5.69 Å². The molecule has 0 radical (unpaired) electrons. The number of nitrogens with one attached hydrogen (secondary N) is 1. The van der Waals surface area contributed by atoms with Gasteiger partial charge in [0, 0.05) is 11.8 Å². The number of halogens is 1. The molecule has 15 heavy (non-hydrogen) atoms. The molecule has 0 aliphatic rings. The van der Waals surface area contributed by atoms with Crippen LogP contribution in [0.15, 0.2) is 24.3 Å². The van der Waals surface area contributed by atoms with Crippen molar-refractivity contribution in [2.45, 2.75) is 6.92 Å². The van der Waals surface area contributed by atoms with Crippen molar-refractivity contribution in [3.63, 3.8) is 0 Å². The second-order valence-corrected chi connectivity index (χ2v) is 3.14. The molecule has 2 aromatic rings. The lowest BCUT2D eigenvalue weighted by molar-refractivity contribution is 0.460. The third-order valence-corrected chi connectivity index (χ3v) is 1.91. The van der Waals surface area contributed by atoms with E-state index in [2.05, 4.69) is 10.2 Å². The maximum Gasteiger partial charge on any atom is 0.238 e. The van der Waals surface area contributed by atoms with Gasteiger partial charge in [-0.2, -0.15) is 0 Å². The quantitative estimate of drug-likeness (QED) is 0.742. The molecule has 0 unspecified atom stereocenters. The van der Waals surface area contributed by atoms with Gasteiger partial charge >= 0.3 is 0 Å². The van der Waals surface area contributed by atoms with Crippen LogP contribution in [-0.2, 0) is 0 Å². The number of nitrogens with two attached hydrogens (primary N) is 1. The highest BCUT2D eigenvalue weighted by molar-refractivity contribution is 5.54. The van der Waals surface area contributed by atoms with Crippen molar-refractivity contribution in [1.29, 1.82) is 0 Å². The van der Waals surface area contributed by atoms with Gasteiger partial charge in [0.05, 0.1) is 0 Å². The van der Waals surface area contributed by atoms with Crippen LogP contribution in [0.25, 0.3) is 0 Å². The van der Waals surface area contributed by atoms with Gasteiger partial charge in [-0.05, 0) is 19.1 Å². The van der Waals surface area contributed by atoms with Crippen LogP contribution in [-0.4, -0.2) is 10.2 Å². The minimum Gasteiger partial charge on any atom is -0.435 e. The molecule has 78 valence electrons. The number of rotatable bonds is 2. The zero-order valence-electron chi connectivity index (χ0n) is 8.12. The van der Waals surface area contributed by atoms with Gasteiger partial charge in [0.15, 0.2) is 5.75 Å². The predicted octanol–water partition coefficient (Wildman–Crippen LogP) is 2.23. The summed E-state index contributed by atoms with van der Waals surface area (Å²) in [5.41, 5.74) is 6.34. The molecule has 0 atom stereocenters. The third-order valence-electron chi connectivity index (χ3n) is 1.91. The van der Waals surface area contributed by atoms with Gasteiger partial charge in [-0.1, -0.05) is 6.07 Å². The van der Waals surface area contributed by atoms with E-state index in [-0.39, 0.29) is 11.4 Å². The summed E-state index contributed by atoms with van der Waals surface area (Å²) in [7, 11) is 0. The van der Waals surface area contributed by atoms with Gasteiger partial charge in [0.1, 0.15) is 11.5 Å². The van der Waals surface area contributed by atoms with Crippen LogP contribution in [0, 0.1) is 12.7 Å². The Bertz CT molecular complexity index is 481. The molecule has 0 bridgehead atoms. The van der Waals surface area contributed by atoms with Gasteiger partial charge in [-0.25, -0.2) is 4.39 Å². The van der Waals surface area contributed by atoms with Crippen LogP contribution in [0.2, 0.25) is 0 Å². The zero-order valence-corrected chi connectivity index (χ0v) is 8.12. The summed E-state index contributed by atoms with van der Waals surface area (Å²) in [5.74, 6) is 0.131. The molecule has 0 fully saturated rings. The van der Waals surface area contributed by atoms with Crippen molar-refractivity contribution in [3.05, 3.63) is 35.8 Å². The maximum absolute atomic E-state index is 13.1. The highest BCUT2D eigenvalue weighted by Crippen LogP contribution is 2.28. The Morgan fingerprint density at radius 3 is 2.93 bits per heavy atom. The number of ether oxygens (including phenoxy) is 1. The summed E-state index contributed by atoms with van der Waals surface area (Å²) in [4.78, 5) is 0. The van der Waals surface area contributed by atoms with Gasteiger partial charge < -0.3 is 10.5 Å². The van der Waals surface area contributed by atoms with E-state index in [9.17, 15) is 4.39 Å². The normalized spacial score (nSPS) is 10.3. The van der Waals surface area contributed by atoms with Crippen molar-refractivity contribution >= 4 is 5.69 Å². The second-order valence-electron chi connectivity index (χ2n) is 3.14. The molecule has 4 nitrogen and oxygen atoms in total. The molecular formula is C10H10FN3O. The lowest BCUT2D eigenvalue weighted by atomic mass is 10.3. The molecule has 0 aliphatic heterocycles. The van der Waals surface area contributed by atoms with Crippen molar-refractivity contribution in [2.75, 3.05) is 5.73 Å². The summed E-state index contributed by atoms with van der Waals surface area (Å²) in [6.45, 7) is 1.84. The van der Waals surface area contributed by atoms with E-state index < -0.39 is 5.82 Å². The Hall–Kier alpha value is -2.04. The fourth-order valence-electron chi connectivity index (χ4n) is 1.16. The number of hydrogen-bond donors (Lipinski definition) is 2. The number of aryl methyl sites for hydroxylation is 1. The molecular weight excluding hydrogens is 197 g/mol. The van der Waals surface area contributed by atoms with Crippen molar-refractivity contribution in [2.24, 2.45) is 0 Å². The Morgan fingerprint density at radius 1 is 1.47 bits per heavy atom. The average molecular weight is 207 g/mol. The summed E-state index contributed by atoms with van der Waals surface area (Å²) in [6, 6.07) is 6.09. The number of nitrogen functional groups attached to an aromatic ring is 1. The van der Waals surface area contributed by atoms with Crippen LogP contribution in [0.1, 0.15) is 5.69 Å². The smallest absolute Gasteiger partial charge is 0.238 e. The Morgan fingerprint density at radius 2 is 2.27 bits per heavy atom. The van der Waals surface area contributed by atoms with Crippen molar-refractivity contribution in [1.82, 2.24) is 10.2 Å². The maximum atomic E-state index is 13.1. The van der Waals surface area contributed by atoms with E-state index in [1.165, 1.54) is 12.1 Å². The number of aromatic nitrogens is 2. The molecule has 0 saturated heterocycles. The van der Waals surface area contributed by atoms with Crippen molar-refractivity contribution in [3.8, 4) is 11.6 Å². The van der Waals surface area contributed by atoms with Crippen LogP contribution in [0.3, 0.4) is 0 Å². The zero-order chi connectivity index (χ0) is 10.8. The number of anilines is 1. The first kappa shape index (κ1) is 9.51. The summed E-state index contributed by atoms with van der Waals surface area (Å²) in [6.07, 6.45) is 0. The first-order valence-corrected chi connectivity index (χ1v) is 4.40. The molecule has 2 rings (SSSR count). The van der Waals surface area contributed by atoms with E-state index in [1.54, 1.807) is 12.1 Å². The van der Waals surface area contributed by atoms with Crippen LogP contribution < -0.4 is 10.5 Å². The minimum atomic E-state index is -0.500. The first-order valence-electron chi connectivity index (χ1n) is 4.40. The Balaban J connectivity index is 2.28. The molecule has 0 amide bonds. The number of hydrogen-bond acceptors (Lipinski definition) is 3. The van der Waals surface area contributed by atoms with Gasteiger partial charge in [0.25, 0.3) is 0 Å². The number of para-hydroxylation sites is 1. The minimum absolute atomic E-state index is 0.0156. The van der Waals surface area contributed by atoms with E-state index in [0.29, 0.717) is 5.88 Å². The standard InChI is InChI=1S/C10H10FN3O/c1-6-5-9(14-13-6)15-8-4-2-3-7(11)10(8)12/h2-5H,12H2,1H3,(H,13,14). The van der Waals surface area contributed by atoms with E-state index in [4.69, 9.17) is 10.5 Å². The average Bonchev–Trinajstić information content (AvgIpc) is 2.59. The topological polar surface area (TPSA) is 63.9 Å². The molecule has 5 heteroatoms. The summed E-state index contributed by atoms with van der Waals surface area (Å²) < 4.78 is 18.4. The molecule has 3 N–H and O–H groups in total. The first-order chi connectivity index (χ1) is 7.16. The fraction of sp³-hybridized carbons (Fsp3) is 0.100. The molecule has 0 spiro atoms. The number of nitrogens with zero attached hydrogens (tertiary/aromatic N) is 1. The molecule has 1 heterocycles. The van der Waals surface area contributed by atoms with Crippen LogP contribution in [0.4, 0.5) is 10.1 Å². The van der Waals surface area contributed by atoms with Crippen LogP contribution >= 0.6 is 0 Å². The monoisotopic (exact) mass is 207 g/mol. The molecule has 1 aromatic carbocycles. The third kappa shape index (κ3) is 1.90. The van der Waals surface area contributed by atoms with E-state index >= 15 is 0 Å². The molecule has 0 aliphatic carbocycles. The Kier molecular flexibility index (Phi) is 2.29. The second kappa shape index (κ2) is 3.61. The Labute approximate surface area is 85.9 Å². The lowest BCUT2D eigenvalue weighted by Gasteiger charge is -2.05. The number of aromatic amines is 1. The highest BCUT2D eigenvalue weighted by Gasteiger charge is 2.07. The summed E-state index contributed by atoms with van der Waals surface area (Å²) in [5, 5.41) is 6.57. The molecule has 1 aromatic heterocycles. The highest BCUT2D eigenvalue weighted by atomic mass is 19.1. The fourth-order valence-corrected chi connectivity index (χ4v) is 1.16. The lowest BCUT2D eigenvalue weighted by Crippen LogP contribution is -1.95.